The number of fused-ring (bicyclic) bond motifs is 1. The Labute approximate surface area is 109 Å². The number of hydrogen-bond acceptors (Lipinski definition) is 4. The number of aromatic nitrogens is 2. The van der Waals surface area contributed by atoms with Gasteiger partial charge in [0.05, 0.1) is 5.69 Å². The summed E-state index contributed by atoms with van der Waals surface area (Å²) in [6.45, 7) is 0. The third kappa shape index (κ3) is 2.02. The van der Waals surface area contributed by atoms with Gasteiger partial charge in [-0.05, 0) is 35.3 Å². The number of pyridine rings is 2. The molecule has 0 saturated heterocycles. The summed E-state index contributed by atoms with van der Waals surface area (Å²) >= 11 is 1.50. The van der Waals surface area contributed by atoms with E-state index >= 15 is 0 Å². The highest BCUT2D eigenvalue weighted by Crippen LogP contribution is 2.32. The van der Waals surface area contributed by atoms with Gasteiger partial charge >= 0.3 is 0 Å². The molecule has 4 heteroatoms. The standard InChI is InChI=1S/C14H11N3S/c15-12-6-3-8-16-14(12)18-13-11-5-2-1-4-10(11)7-9-17-13/h1-9H,15H2. The molecule has 0 bridgehead atoms. The van der Waals surface area contributed by atoms with Crippen LogP contribution in [0.5, 0.6) is 0 Å². The Morgan fingerprint density at radius 3 is 2.56 bits per heavy atom. The first kappa shape index (κ1) is 11.0. The fourth-order valence-electron chi connectivity index (χ4n) is 1.75. The maximum atomic E-state index is 5.90. The van der Waals surface area contributed by atoms with E-state index in [9.17, 15) is 0 Å². The zero-order chi connectivity index (χ0) is 12.4. The normalized spacial score (nSPS) is 10.7. The molecule has 0 aliphatic rings. The van der Waals surface area contributed by atoms with Gasteiger partial charge in [0.25, 0.3) is 0 Å². The summed E-state index contributed by atoms with van der Waals surface area (Å²) in [6, 6.07) is 13.8. The lowest BCUT2D eigenvalue weighted by Crippen LogP contribution is -1.91. The number of nitrogen functional groups attached to an aromatic ring is 1. The van der Waals surface area contributed by atoms with Crippen molar-refractivity contribution in [2.24, 2.45) is 0 Å². The Morgan fingerprint density at radius 2 is 1.67 bits per heavy atom. The Balaban J connectivity index is 2.08. The number of nitrogens with zero attached hydrogens (tertiary/aromatic N) is 2. The van der Waals surface area contributed by atoms with Crippen molar-refractivity contribution in [3.63, 3.8) is 0 Å². The maximum absolute atomic E-state index is 5.90. The number of nitrogens with two attached hydrogens (primary N) is 1. The van der Waals surface area contributed by atoms with Crippen LogP contribution in [0.1, 0.15) is 0 Å². The van der Waals surface area contributed by atoms with Crippen molar-refractivity contribution in [1.29, 1.82) is 0 Å². The predicted octanol–water partition coefficient (Wildman–Crippen LogP) is 3.36. The van der Waals surface area contributed by atoms with E-state index in [-0.39, 0.29) is 0 Å². The minimum atomic E-state index is 0.678. The molecule has 0 saturated carbocycles. The van der Waals surface area contributed by atoms with Crippen LogP contribution in [-0.4, -0.2) is 9.97 Å². The molecule has 2 aromatic heterocycles. The van der Waals surface area contributed by atoms with Crippen LogP contribution >= 0.6 is 11.8 Å². The van der Waals surface area contributed by atoms with Gasteiger partial charge in [0.1, 0.15) is 10.1 Å². The average molecular weight is 253 g/mol. The minimum absolute atomic E-state index is 0.678. The molecule has 0 amide bonds. The first-order valence-electron chi connectivity index (χ1n) is 5.57. The second-order valence-corrected chi connectivity index (χ2v) is 4.81. The topological polar surface area (TPSA) is 51.8 Å². The molecule has 2 N–H and O–H groups in total. The van der Waals surface area contributed by atoms with E-state index in [0.29, 0.717) is 5.69 Å². The van der Waals surface area contributed by atoms with E-state index < -0.39 is 0 Å². The van der Waals surface area contributed by atoms with Crippen molar-refractivity contribution < 1.29 is 0 Å². The van der Waals surface area contributed by atoms with Crippen LogP contribution in [0.3, 0.4) is 0 Å². The molecule has 0 spiro atoms. The lowest BCUT2D eigenvalue weighted by Gasteiger charge is -2.06. The Hall–Kier alpha value is -2.07. The molecule has 2 heterocycles. The first-order chi connectivity index (χ1) is 8.84. The SMILES string of the molecule is Nc1cccnc1Sc1nccc2ccccc12. The maximum Gasteiger partial charge on any atom is 0.125 e. The summed E-state index contributed by atoms with van der Waals surface area (Å²) < 4.78 is 0. The van der Waals surface area contributed by atoms with Crippen LogP contribution in [0, 0.1) is 0 Å². The minimum Gasteiger partial charge on any atom is -0.397 e. The number of hydrogen-bond donors (Lipinski definition) is 1. The van der Waals surface area contributed by atoms with Gasteiger partial charge in [0.15, 0.2) is 0 Å². The molecular formula is C14H11N3S. The van der Waals surface area contributed by atoms with Gasteiger partial charge in [-0.3, -0.25) is 0 Å². The van der Waals surface area contributed by atoms with Gasteiger partial charge in [-0.15, -0.1) is 0 Å². The molecule has 0 aliphatic heterocycles. The molecule has 0 unspecified atom stereocenters. The second-order valence-electron chi connectivity index (χ2n) is 3.84. The van der Waals surface area contributed by atoms with Crippen molar-refractivity contribution in [2.75, 3.05) is 5.73 Å². The molecule has 0 aliphatic carbocycles. The van der Waals surface area contributed by atoms with Crippen LogP contribution in [-0.2, 0) is 0 Å². The highest BCUT2D eigenvalue weighted by Gasteiger charge is 2.07. The average Bonchev–Trinajstić information content (AvgIpc) is 2.42. The third-order valence-electron chi connectivity index (χ3n) is 2.63. The lowest BCUT2D eigenvalue weighted by molar-refractivity contribution is 1.12. The molecule has 1 aromatic carbocycles. The molecule has 3 nitrogen and oxygen atoms in total. The molecule has 0 atom stereocenters. The summed E-state index contributed by atoms with van der Waals surface area (Å²) in [5.41, 5.74) is 6.58. The van der Waals surface area contributed by atoms with Crippen molar-refractivity contribution in [2.45, 2.75) is 10.1 Å². The quantitative estimate of drug-likeness (QED) is 0.760. The lowest BCUT2D eigenvalue weighted by atomic mass is 10.2. The van der Waals surface area contributed by atoms with Crippen molar-refractivity contribution in [1.82, 2.24) is 9.97 Å². The van der Waals surface area contributed by atoms with Crippen LogP contribution < -0.4 is 5.73 Å². The Kier molecular flexibility index (Phi) is 2.86. The summed E-state index contributed by atoms with van der Waals surface area (Å²) in [6.07, 6.45) is 3.55. The predicted molar refractivity (Wildman–Crippen MR) is 74.5 cm³/mol. The highest BCUT2D eigenvalue weighted by molar-refractivity contribution is 7.99. The molecular weight excluding hydrogens is 242 g/mol. The van der Waals surface area contributed by atoms with Crippen molar-refractivity contribution in [3.05, 3.63) is 54.9 Å². The van der Waals surface area contributed by atoms with Gasteiger partial charge in [0.2, 0.25) is 0 Å². The van der Waals surface area contributed by atoms with Crippen molar-refractivity contribution in [3.8, 4) is 0 Å². The van der Waals surface area contributed by atoms with E-state index in [1.165, 1.54) is 17.1 Å². The van der Waals surface area contributed by atoms with E-state index in [1.807, 2.05) is 36.5 Å². The van der Waals surface area contributed by atoms with E-state index in [4.69, 9.17) is 5.73 Å². The fourth-order valence-corrected chi connectivity index (χ4v) is 2.65. The fraction of sp³-hybridized carbons (Fsp3) is 0. The molecule has 3 rings (SSSR count). The van der Waals surface area contributed by atoms with Crippen molar-refractivity contribution >= 4 is 28.2 Å². The van der Waals surface area contributed by atoms with Gasteiger partial charge < -0.3 is 5.73 Å². The van der Waals surface area contributed by atoms with Crippen LogP contribution in [0.4, 0.5) is 5.69 Å². The first-order valence-corrected chi connectivity index (χ1v) is 6.38. The van der Waals surface area contributed by atoms with Gasteiger partial charge in [-0.25, -0.2) is 9.97 Å². The molecule has 18 heavy (non-hydrogen) atoms. The molecule has 3 aromatic rings. The number of rotatable bonds is 2. The van der Waals surface area contributed by atoms with Crippen LogP contribution in [0.15, 0.2) is 64.9 Å². The summed E-state index contributed by atoms with van der Waals surface area (Å²) in [4.78, 5) is 8.69. The Morgan fingerprint density at radius 1 is 0.833 bits per heavy atom. The van der Waals surface area contributed by atoms with E-state index in [1.54, 1.807) is 6.20 Å². The number of anilines is 1. The molecule has 88 valence electrons. The Bertz CT molecular complexity index is 692. The van der Waals surface area contributed by atoms with Gasteiger partial charge in [-0.2, -0.15) is 0 Å². The largest absolute Gasteiger partial charge is 0.397 e. The van der Waals surface area contributed by atoms with E-state index in [0.717, 1.165) is 15.4 Å². The summed E-state index contributed by atoms with van der Waals surface area (Å²) in [5, 5.41) is 4.01. The van der Waals surface area contributed by atoms with Gasteiger partial charge in [-0.1, -0.05) is 24.3 Å². The zero-order valence-corrected chi connectivity index (χ0v) is 10.4. The van der Waals surface area contributed by atoms with E-state index in [2.05, 4.69) is 22.1 Å². The highest BCUT2D eigenvalue weighted by atomic mass is 32.2. The van der Waals surface area contributed by atoms with Gasteiger partial charge in [0, 0.05) is 17.8 Å². The molecule has 0 radical (unpaired) electrons. The second kappa shape index (κ2) is 4.66. The number of benzene rings is 1. The summed E-state index contributed by atoms with van der Waals surface area (Å²) in [7, 11) is 0. The summed E-state index contributed by atoms with van der Waals surface area (Å²) in [5.74, 6) is 0. The monoisotopic (exact) mass is 253 g/mol. The zero-order valence-electron chi connectivity index (χ0n) is 9.58. The third-order valence-corrected chi connectivity index (χ3v) is 3.68. The van der Waals surface area contributed by atoms with Crippen LogP contribution in [0.25, 0.3) is 10.8 Å². The van der Waals surface area contributed by atoms with Crippen LogP contribution in [0.2, 0.25) is 0 Å². The molecule has 0 fully saturated rings. The smallest absolute Gasteiger partial charge is 0.125 e.